The number of amides is 1. The Kier molecular flexibility index (Phi) is 3.06. The molecule has 0 saturated carbocycles. The first-order valence-corrected chi connectivity index (χ1v) is 7.17. The summed E-state index contributed by atoms with van der Waals surface area (Å²) < 4.78 is 2.10. The molecule has 1 N–H and O–H groups in total. The molecule has 3 rings (SSSR count). The summed E-state index contributed by atoms with van der Waals surface area (Å²) in [6, 6.07) is -0.145. The minimum Gasteiger partial charge on any atom is -0.342 e. The second-order valence-electron chi connectivity index (χ2n) is 4.69. The Hall–Kier alpha value is -1.76. The number of thiazole rings is 1. The van der Waals surface area contributed by atoms with E-state index >= 15 is 0 Å². The maximum absolute atomic E-state index is 12.1. The van der Waals surface area contributed by atoms with Gasteiger partial charge in [-0.25, -0.2) is 4.98 Å². The van der Waals surface area contributed by atoms with E-state index in [1.54, 1.807) is 5.51 Å². The zero-order valence-electron chi connectivity index (χ0n) is 10.9. The molecule has 1 aliphatic heterocycles. The van der Waals surface area contributed by atoms with Crippen LogP contribution in [0.1, 0.15) is 46.4 Å². The first-order chi connectivity index (χ1) is 9.16. The summed E-state index contributed by atoms with van der Waals surface area (Å²) in [5.74, 6) is 1.76. The van der Waals surface area contributed by atoms with Gasteiger partial charge in [0.2, 0.25) is 0 Å². The highest BCUT2D eigenvalue weighted by Crippen LogP contribution is 2.20. The third-order valence-electron chi connectivity index (χ3n) is 3.32. The highest BCUT2D eigenvalue weighted by atomic mass is 32.1. The van der Waals surface area contributed by atoms with Crippen LogP contribution in [0.5, 0.6) is 0 Å². The van der Waals surface area contributed by atoms with Crippen LogP contribution in [-0.4, -0.2) is 25.7 Å². The van der Waals surface area contributed by atoms with Gasteiger partial charge in [0.1, 0.15) is 10.7 Å². The molecule has 0 aliphatic carbocycles. The molecule has 0 bridgehead atoms. The van der Waals surface area contributed by atoms with Crippen LogP contribution in [0, 0.1) is 6.92 Å². The number of aryl methyl sites for hydroxylation is 2. The molecule has 0 saturated heterocycles. The molecule has 19 heavy (non-hydrogen) atoms. The van der Waals surface area contributed by atoms with E-state index in [2.05, 4.69) is 25.1 Å². The molecule has 3 heterocycles. The number of fused-ring (bicyclic) bond motifs is 1. The summed E-state index contributed by atoms with van der Waals surface area (Å²) >= 11 is 1.36. The van der Waals surface area contributed by atoms with Gasteiger partial charge in [0.25, 0.3) is 5.91 Å². The molecule has 0 spiro atoms. The highest BCUT2D eigenvalue weighted by molar-refractivity contribution is 7.11. The van der Waals surface area contributed by atoms with Crippen LogP contribution in [0.3, 0.4) is 0 Å². The van der Waals surface area contributed by atoms with Crippen molar-refractivity contribution < 1.29 is 4.79 Å². The van der Waals surface area contributed by atoms with Crippen molar-refractivity contribution >= 4 is 17.2 Å². The van der Waals surface area contributed by atoms with Crippen LogP contribution < -0.4 is 5.32 Å². The van der Waals surface area contributed by atoms with Gasteiger partial charge in [-0.05, 0) is 20.3 Å². The molecule has 0 radical (unpaired) electrons. The SMILES string of the molecule is Cc1ncsc1C(=O)N[C@@H](C)c1nnc2n1CCC2. The van der Waals surface area contributed by atoms with Gasteiger partial charge < -0.3 is 9.88 Å². The van der Waals surface area contributed by atoms with E-state index < -0.39 is 0 Å². The van der Waals surface area contributed by atoms with E-state index in [-0.39, 0.29) is 11.9 Å². The Balaban J connectivity index is 1.76. The third kappa shape index (κ3) is 2.14. The average Bonchev–Trinajstić information content (AvgIpc) is 3.02. The quantitative estimate of drug-likeness (QED) is 0.922. The van der Waals surface area contributed by atoms with Crippen molar-refractivity contribution in [2.24, 2.45) is 0 Å². The largest absolute Gasteiger partial charge is 0.342 e. The molecule has 1 atom stereocenters. The number of carbonyl (C=O) groups is 1. The maximum Gasteiger partial charge on any atom is 0.263 e. The molecule has 1 aliphatic rings. The van der Waals surface area contributed by atoms with Crippen molar-refractivity contribution in [1.29, 1.82) is 0 Å². The molecule has 2 aromatic rings. The lowest BCUT2D eigenvalue weighted by Gasteiger charge is -2.13. The van der Waals surface area contributed by atoms with Gasteiger partial charge in [0.05, 0.1) is 17.2 Å². The lowest BCUT2D eigenvalue weighted by Crippen LogP contribution is -2.28. The topological polar surface area (TPSA) is 72.7 Å². The second-order valence-corrected chi connectivity index (χ2v) is 5.55. The number of nitrogens with zero attached hydrogens (tertiary/aromatic N) is 4. The minimum absolute atomic E-state index is 0.0946. The van der Waals surface area contributed by atoms with Gasteiger partial charge >= 0.3 is 0 Å². The standard InChI is InChI=1S/C12H15N5OS/c1-7-10(19-6-13-7)12(18)14-8(2)11-16-15-9-4-3-5-17(9)11/h6,8H,3-5H2,1-2H3,(H,14,18)/t8-/m0/s1. The van der Waals surface area contributed by atoms with Gasteiger partial charge in [-0.1, -0.05) is 0 Å². The molecule has 100 valence electrons. The molecular formula is C12H15N5OS. The number of rotatable bonds is 3. The minimum atomic E-state index is -0.145. The lowest BCUT2D eigenvalue weighted by molar-refractivity contribution is 0.0941. The van der Waals surface area contributed by atoms with Gasteiger partial charge in [0, 0.05) is 13.0 Å². The van der Waals surface area contributed by atoms with Gasteiger partial charge in [-0.2, -0.15) is 0 Å². The van der Waals surface area contributed by atoms with E-state index in [1.807, 2.05) is 13.8 Å². The summed E-state index contributed by atoms with van der Waals surface area (Å²) in [6.45, 7) is 4.71. The van der Waals surface area contributed by atoms with E-state index in [0.717, 1.165) is 36.7 Å². The Labute approximate surface area is 114 Å². The fourth-order valence-electron chi connectivity index (χ4n) is 2.34. The normalized spacial score (nSPS) is 15.3. The monoisotopic (exact) mass is 277 g/mol. The van der Waals surface area contributed by atoms with Crippen molar-refractivity contribution in [1.82, 2.24) is 25.1 Å². The summed E-state index contributed by atoms with van der Waals surface area (Å²) in [7, 11) is 0. The maximum atomic E-state index is 12.1. The van der Waals surface area contributed by atoms with Gasteiger partial charge in [0.15, 0.2) is 5.82 Å². The van der Waals surface area contributed by atoms with Crippen LogP contribution >= 0.6 is 11.3 Å². The molecule has 0 unspecified atom stereocenters. The van der Waals surface area contributed by atoms with Gasteiger partial charge in [-0.3, -0.25) is 4.79 Å². The summed E-state index contributed by atoms with van der Waals surface area (Å²) in [5.41, 5.74) is 2.45. The van der Waals surface area contributed by atoms with Crippen LogP contribution in [0.4, 0.5) is 0 Å². The summed E-state index contributed by atoms with van der Waals surface area (Å²) in [4.78, 5) is 16.9. The zero-order valence-corrected chi connectivity index (χ0v) is 11.7. The molecule has 2 aromatic heterocycles. The zero-order chi connectivity index (χ0) is 13.4. The fourth-order valence-corrected chi connectivity index (χ4v) is 3.05. The van der Waals surface area contributed by atoms with Gasteiger partial charge in [-0.15, -0.1) is 21.5 Å². The highest BCUT2D eigenvalue weighted by Gasteiger charge is 2.23. The van der Waals surface area contributed by atoms with Crippen LogP contribution in [-0.2, 0) is 13.0 Å². The van der Waals surface area contributed by atoms with Crippen molar-refractivity contribution in [3.63, 3.8) is 0 Å². The van der Waals surface area contributed by atoms with Crippen LogP contribution in [0.15, 0.2) is 5.51 Å². The second kappa shape index (κ2) is 4.73. The van der Waals surface area contributed by atoms with Crippen LogP contribution in [0.25, 0.3) is 0 Å². The van der Waals surface area contributed by atoms with Crippen LogP contribution in [0.2, 0.25) is 0 Å². The summed E-state index contributed by atoms with van der Waals surface area (Å²) in [6.07, 6.45) is 2.08. The number of hydrogen-bond acceptors (Lipinski definition) is 5. The molecular weight excluding hydrogens is 262 g/mol. The van der Waals surface area contributed by atoms with E-state index in [4.69, 9.17) is 0 Å². The Morgan fingerprint density at radius 3 is 3.11 bits per heavy atom. The Morgan fingerprint density at radius 2 is 2.37 bits per heavy atom. The van der Waals surface area contributed by atoms with Crippen molar-refractivity contribution in [2.45, 2.75) is 39.3 Å². The van der Waals surface area contributed by atoms with E-state index in [1.165, 1.54) is 11.3 Å². The lowest BCUT2D eigenvalue weighted by atomic mass is 10.3. The summed E-state index contributed by atoms with van der Waals surface area (Å²) in [5, 5.41) is 11.3. The molecule has 7 heteroatoms. The molecule has 6 nitrogen and oxygen atoms in total. The number of hydrogen-bond donors (Lipinski definition) is 1. The third-order valence-corrected chi connectivity index (χ3v) is 4.25. The Bertz CT molecular complexity index is 617. The average molecular weight is 277 g/mol. The molecule has 1 amide bonds. The van der Waals surface area contributed by atoms with Crippen molar-refractivity contribution in [3.8, 4) is 0 Å². The predicted octanol–water partition coefficient (Wildman–Crippen LogP) is 1.48. The number of nitrogens with one attached hydrogen (secondary N) is 1. The molecule has 0 aromatic carbocycles. The first kappa shape index (κ1) is 12.3. The Morgan fingerprint density at radius 1 is 1.53 bits per heavy atom. The fraction of sp³-hybridized carbons (Fsp3) is 0.500. The predicted molar refractivity (Wildman–Crippen MR) is 71.1 cm³/mol. The van der Waals surface area contributed by atoms with E-state index in [0.29, 0.717) is 4.88 Å². The van der Waals surface area contributed by atoms with E-state index in [9.17, 15) is 4.79 Å². The van der Waals surface area contributed by atoms with Crippen molar-refractivity contribution in [3.05, 3.63) is 27.7 Å². The smallest absolute Gasteiger partial charge is 0.263 e. The number of carbonyl (C=O) groups excluding carboxylic acids is 1. The number of aromatic nitrogens is 4. The molecule has 0 fully saturated rings. The first-order valence-electron chi connectivity index (χ1n) is 6.29. The van der Waals surface area contributed by atoms with Crippen molar-refractivity contribution in [2.75, 3.05) is 0 Å².